The molecule has 0 spiro atoms. The van der Waals surface area contributed by atoms with E-state index in [1.54, 1.807) is 0 Å². The summed E-state index contributed by atoms with van der Waals surface area (Å²) in [5.41, 5.74) is 0. The number of ether oxygens (including phenoxy) is 15. The van der Waals surface area contributed by atoms with Crippen LogP contribution in [0.5, 0.6) is 0 Å². The Kier molecular flexibility index (Phi) is 19.8. The molecule has 26 nitrogen and oxygen atoms in total. The summed E-state index contributed by atoms with van der Waals surface area (Å²) in [4.78, 5) is 123. The fourth-order valence-electron chi connectivity index (χ4n) is 6.80. The summed E-state index contributed by atoms with van der Waals surface area (Å²) in [6, 6.07) is 0. The number of aliphatic hydroxyl groups excluding tert-OH is 1. The number of carbonyl (C=O) groups is 10. The molecule has 3 fully saturated rings. The Morgan fingerprint density at radius 3 is 1.05 bits per heavy atom. The minimum absolute atomic E-state index is 0.665. The molecule has 3 rings (SSSR count). The second-order valence-electron chi connectivity index (χ2n) is 14.3. The highest BCUT2D eigenvalue weighted by molar-refractivity contribution is 5.70. The van der Waals surface area contributed by atoms with Gasteiger partial charge in [-0.1, -0.05) is 0 Å². The van der Waals surface area contributed by atoms with Gasteiger partial charge in [0.2, 0.25) is 0 Å². The SMILES string of the molecule is CC(=O)OC[C@H]1O[C@@H](O[C@H]2[C@H](OC(C)=O)[C@@H](OC(C)=O)[C@H](OC[C@H]3O[C@H](O)[C@H](OC(C)=O)[C@@H](OC(C)=O)[C@@H]3OC(C)=O)O[C@@H]2COC(C)=O)[C@H](OC(C)=O)[C@@H](OC(C)=O)[C@H]1OC(C)=O. The molecule has 0 saturated carbocycles. The van der Waals surface area contributed by atoms with Gasteiger partial charge in [-0.2, -0.15) is 0 Å². The standard InChI is InChI=1S/C38H52O26/c1-14(39)50-11-25-28(54-17(4)42)31(56-19(6)44)35(60-23(10)48)38(63-25)64-29-26(12-51-15(2)40)62-37(34(59-22(9)47)32(29)57-20(7)45)52-13-24-27(53-16(3)41)30(55-18(5)43)33(36(49)61-24)58-21(8)46/h24-38,49H,11-13H2,1-10H3/t24-,25-,26-,27-,28+,29-,30+,31+,32+,33-,34-,35-,36+,37-,38+/m1/s1. The van der Waals surface area contributed by atoms with Gasteiger partial charge in [-0.05, 0) is 0 Å². The molecule has 0 aromatic rings. The molecule has 0 bridgehead atoms. The minimum atomic E-state index is -2.02. The number of hydrogen-bond donors (Lipinski definition) is 1. The maximum atomic E-state index is 12.8. The monoisotopic (exact) mass is 924 g/mol. The van der Waals surface area contributed by atoms with Crippen molar-refractivity contribution in [1.82, 2.24) is 0 Å². The fraction of sp³-hybridized carbons (Fsp3) is 0.737. The molecular formula is C38H52O26. The minimum Gasteiger partial charge on any atom is -0.463 e. The third kappa shape index (κ3) is 15.6. The average Bonchev–Trinajstić information content (AvgIpc) is 3.14. The van der Waals surface area contributed by atoms with Gasteiger partial charge >= 0.3 is 59.7 Å². The molecule has 26 heteroatoms. The van der Waals surface area contributed by atoms with Crippen LogP contribution in [0.25, 0.3) is 0 Å². The van der Waals surface area contributed by atoms with E-state index in [4.69, 9.17) is 71.1 Å². The van der Waals surface area contributed by atoms with Crippen molar-refractivity contribution in [2.75, 3.05) is 19.8 Å². The van der Waals surface area contributed by atoms with Crippen molar-refractivity contribution >= 4 is 59.7 Å². The Morgan fingerprint density at radius 1 is 0.344 bits per heavy atom. The van der Waals surface area contributed by atoms with Crippen LogP contribution in [0.1, 0.15) is 69.2 Å². The first-order chi connectivity index (χ1) is 29.9. The van der Waals surface area contributed by atoms with Crippen molar-refractivity contribution in [2.45, 2.75) is 161 Å². The number of carbonyl (C=O) groups excluding carboxylic acids is 10. The van der Waals surface area contributed by atoms with Crippen molar-refractivity contribution in [1.29, 1.82) is 0 Å². The largest absolute Gasteiger partial charge is 0.463 e. The van der Waals surface area contributed by atoms with Crippen LogP contribution >= 0.6 is 0 Å². The van der Waals surface area contributed by atoms with E-state index in [0.29, 0.717) is 0 Å². The van der Waals surface area contributed by atoms with E-state index in [-0.39, 0.29) is 0 Å². The molecule has 0 aromatic heterocycles. The van der Waals surface area contributed by atoms with Crippen LogP contribution in [-0.4, -0.2) is 177 Å². The summed E-state index contributed by atoms with van der Waals surface area (Å²) < 4.78 is 83.7. The van der Waals surface area contributed by atoms with E-state index in [2.05, 4.69) is 0 Å². The average molecular weight is 925 g/mol. The summed E-state index contributed by atoms with van der Waals surface area (Å²) in [7, 11) is 0. The van der Waals surface area contributed by atoms with Crippen molar-refractivity contribution in [3.63, 3.8) is 0 Å². The number of aliphatic hydroxyl groups is 1. The number of esters is 10. The Bertz CT molecular complexity index is 1730. The highest BCUT2D eigenvalue weighted by Crippen LogP contribution is 2.36. The summed E-state index contributed by atoms with van der Waals surface area (Å²) in [6.07, 6.45) is -26.3. The maximum absolute atomic E-state index is 12.8. The molecule has 360 valence electrons. The van der Waals surface area contributed by atoms with Crippen molar-refractivity contribution in [3.8, 4) is 0 Å². The summed E-state index contributed by atoms with van der Waals surface area (Å²) in [5.74, 6) is -9.47. The van der Waals surface area contributed by atoms with Crippen LogP contribution in [0.15, 0.2) is 0 Å². The quantitative estimate of drug-likeness (QED) is 0.123. The molecule has 3 aliphatic heterocycles. The number of rotatable bonds is 17. The van der Waals surface area contributed by atoms with E-state index in [1.165, 1.54) is 0 Å². The first-order valence-corrected chi connectivity index (χ1v) is 19.4. The zero-order valence-electron chi connectivity index (χ0n) is 36.4. The predicted molar refractivity (Wildman–Crippen MR) is 197 cm³/mol. The first kappa shape index (κ1) is 52.8. The van der Waals surface area contributed by atoms with E-state index < -0.39 is 172 Å². The zero-order valence-corrected chi connectivity index (χ0v) is 36.4. The van der Waals surface area contributed by atoms with Gasteiger partial charge in [0.25, 0.3) is 0 Å². The lowest BCUT2D eigenvalue weighted by Gasteiger charge is -2.49. The number of hydrogen-bond acceptors (Lipinski definition) is 26. The highest BCUT2D eigenvalue weighted by Gasteiger charge is 2.58. The van der Waals surface area contributed by atoms with E-state index in [9.17, 15) is 53.1 Å². The fourth-order valence-corrected chi connectivity index (χ4v) is 6.80. The van der Waals surface area contributed by atoms with Crippen molar-refractivity contribution in [2.24, 2.45) is 0 Å². The van der Waals surface area contributed by atoms with Crippen LogP contribution in [0.4, 0.5) is 0 Å². The first-order valence-electron chi connectivity index (χ1n) is 19.4. The molecule has 64 heavy (non-hydrogen) atoms. The van der Waals surface area contributed by atoms with Crippen molar-refractivity contribution in [3.05, 3.63) is 0 Å². The van der Waals surface area contributed by atoms with E-state index in [0.717, 1.165) is 69.2 Å². The summed E-state index contributed by atoms with van der Waals surface area (Å²) in [5, 5.41) is 10.9. The van der Waals surface area contributed by atoms with E-state index >= 15 is 0 Å². The van der Waals surface area contributed by atoms with Gasteiger partial charge in [0.05, 0.1) is 6.61 Å². The lowest BCUT2D eigenvalue weighted by molar-refractivity contribution is -0.365. The molecule has 0 unspecified atom stereocenters. The molecule has 0 amide bonds. The third-order valence-corrected chi connectivity index (χ3v) is 8.83. The van der Waals surface area contributed by atoms with Crippen LogP contribution < -0.4 is 0 Å². The Labute approximate surface area is 364 Å². The smallest absolute Gasteiger partial charge is 0.303 e. The second-order valence-corrected chi connectivity index (χ2v) is 14.3. The van der Waals surface area contributed by atoms with Gasteiger partial charge in [0.1, 0.15) is 37.6 Å². The topological polar surface area (TPSA) is 329 Å². The Balaban J connectivity index is 2.16. The molecule has 0 aliphatic carbocycles. The van der Waals surface area contributed by atoms with Gasteiger partial charge in [-0.15, -0.1) is 0 Å². The molecule has 3 saturated heterocycles. The highest BCUT2D eigenvalue weighted by atomic mass is 16.8. The molecule has 0 radical (unpaired) electrons. The van der Waals surface area contributed by atoms with Crippen LogP contribution in [-0.2, 0) is 119 Å². The molecular weight excluding hydrogens is 872 g/mol. The second kappa shape index (κ2) is 23.9. The zero-order chi connectivity index (χ0) is 48.2. The van der Waals surface area contributed by atoms with E-state index in [1.807, 2.05) is 0 Å². The third-order valence-electron chi connectivity index (χ3n) is 8.83. The summed E-state index contributed by atoms with van der Waals surface area (Å²) >= 11 is 0. The van der Waals surface area contributed by atoms with Gasteiger partial charge in [-0.3, -0.25) is 47.9 Å². The molecule has 0 aromatic carbocycles. The normalized spacial score (nSPS) is 32.3. The molecule has 3 heterocycles. The van der Waals surface area contributed by atoms with Crippen molar-refractivity contribution < 1.29 is 124 Å². The van der Waals surface area contributed by atoms with Gasteiger partial charge in [0.15, 0.2) is 67.7 Å². The molecule has 1 N–H and O–H groups in total. The van der Waals surface area contributed by atoms with Crippen LogP contribution in [0.2, 0.25) is 0 Å². The lowest BCUT2D eigenvalue weighted by atomic mass is 9.95. The van der Waals surface area contributed by atoms with Crippen LogP contribution in [0, 0.1) is 0 Å². The van der Waals surface area contributed by atoms with Gasteiger partial charge in [0, 0.05) is 69.2 Å². The molecule has 3 aliphatic rings. The van der Waals surface area contributed by atoms with Gasteiger partial charge in [-0.25, -0.2) is 0 Å². The lowest BCUT2D eigenvalue weighted by Crippen LogP contribution is -2.67. The maximum Gasteiger partial charge on any atom is 0.303 e. The Hall–Kier alpha value is -5.54. The summed E-state index contributed by atoms with van der Waals surface area (Å²) in [6.45, 7) is 7.71. The van der Waals surface area contributed by atoms with Gasteiger partial charge < -0.3 is 76.2 Å². The predicted octanol–water partition coefficient (Wildman–Crippen LogP) is -1.86. The molecule has 15 atom stereocenters. The van der Waals surface area contributed by atoms with Crippen LogP contribution in [0.3, 0.4) is 0 Å². The Morgan fingerprint density at radius 2 is 0.641 bits per heavy atom.